The van der Waals surface area contributed by atoms with Gasteiger partial charge in [0, 0.05) is 31.1 Å². The molecule has 0 unspecified atom stereocenters. The highest BCUT2D eigenvalue weighted by molar-refractivity contribution is 7.99. The molecule has 0 saturated heterocycles. The number of aromatic nitrogens is 2. The third kappa shape index (κ3) is 3.91. The molecular weight excluding hydrogens is 416 g/mol. The topological polar surface area (TPSA) is 58.4 Å². The Morgan fingerprint density at radius 2 is 1.97 bits per heavy atom. The van der Waals surface area contributed by atoms with Crippen LogP contribution in [-0.4, -0.2) is 57.7 Å². The van der Waals surface area contributed by atoms with E-state index < -0.39 is 0 Å². The van der Waals surface area contributed by atoms with Crippen molar-refractivity contribution >= 4 is 39.2 Å². The van der Waals surface area contributed by atoms with Crippen LogP contribution in [0.25, 0.3) is 15.9 Å². The van der Waals surface area contributed by atoms with Gasteiger partial charge in [0.05, 0.1) is 16.8 Å². The number of benzene rings is 1. The Kier molecular flexibility index (Phi) is 6.26. The van der Waals surface area contributed by atoms with Crippen molar-refractivity contribution in [3.05, 3.63) is 51.1 Å². The minimum Gasteiger partial charge on any atom is -0.343 e. The Labute approximate surface area is 184 Å². The van der Waals surface area contributed by atoms with Gasteiger partial charge in [0.2, 0.25) is 5.91 Å². The number of nitrogens with zero attached hydrogens (tertiary/aromatic N) is 4. The summed E-state index contributed by atoms with van der Waals surface area (Å²) in [6.07, 6.45) is 0.866. The molecule has 8 heteroatoms. The molecule has 158 valence electrons. The molecule has 1 aromatic carbocycles. The zero-order valence-corrected chi connectivity index (χ0v) is 19.2. The van der Waals surface area contributed by atoms with Crippen molar-refractivity contribution < 1.29 is 4.79 Å². The quantitative estimate of drug-likeness (QED) is 0.433. The maximum absolute atomic E-state index is 13.7. The second kappa shape index (κ2) is 8.91. The van der Waals surface area contributed by atoms with Crippen molar-refractivity contribution in [2.75, 3.05) is 32.4 Å². The fourth-order valence-electron chi connectivity index (χ4n) is 3.85. The van der Waals surface area contributed by atoms with Gasteiger partial charge in [-0.1, -0.05) is 30.0 Å². The fourth-order valence-corrected chi connectivity index (χ4v) is 6.10. The SMILES string of the molecule is CCN(CC)C(=O)CSc1nc2sc3c(c2c(=O)n1-c1ccccc1)CCN(C)C3. The monoisotopic (exact) mass is 442 g/mol. The highest BCUT2D eigenvalue weighted by Gasteiger charge is 2.25. The number of carbonyl (C=O) groups excluding carboxylic acids is 1. The highest BCUT2D eigenvalue weighted by atomic mass is 32.2. The fraction of sp³-hybridized carbons (Fsp3) is 0.409. The second-order valence-corrected chi connectivity index (χ2v) is 9.42. The average Bonchev–Trinajstić information content (AvgIpc) is 3.11. The summed E-state index contributed by atoms with van der Waals surface area (Å²) in [6.45, 7) is 7.10. The molecule has 0 bridgehead atoms. The van der Waals surface area contributed by atoms with E-state index in [2.05, 4.69) is 11.9 Å². The number of likely N-dealkylation sites (N-methyl/N-ethyl adjacent to an activating group) is 1. The van der Waals surface area contributed by atoms with E-state index in [-0.39, 0.29) is 17.2 Å². The lowest BCUT2D eigenvalue weighted by atomic mass is 10.1. The molecule has 1 aliphatic heterocycles. The smallest absolute Gasteiger partial charge is 0.267 e. The standard InChI is InChI=1S/C22H26N4O2S2/c1-4-25(5-2)18(27)14-29-22-23-20-19(16-11-12-24(3)13-17(16)30-20)21(28)26(22)15-9-7-6-8-10-15/h6-10H,4-5,11-14H2,1-3H3. The Balaban J connectivity index is 1.82. The molecular formula is C22H26N4O2S2. The lowest BCUT2D eigenvalue weighted by Crippen LogP contribution is -2.32. The van der Waals surface area contributed by atoms with Gasteiger partial charge in [-0.25, -0.2) is 4.98 Å². The molecule has 0 fully saturated rings. The van der Waals surface area contributed by atoms with Crippen LogP contribution in [0.15, 0.2) is 40.3 Å². The van der Waals surface area contributed by atoms with Crippen LogP contribution in [0.1, 0.15) is 24.3 Å². The minimum atomic E-state index is -0.0361. The lowest BCUT2D eigenvalue weighted by molar-refractivity contribution is -0.127. The number of thiophene rings is 1. The van der Waals surface area contributed by atoms with Crippen LogP contribution in [0.3, 0.4) is 0 Å². The number of para-hydroxylation sites is 1. The van der Waals surface area contributed by atoms with E-state index in [1.165, 1.54) is 16.6 Å². The molecule has 30 heavy (non-hydrogen) atoms. The molecule has 4 rings (SSSR count). The molecule has 1 aliphatic rings. The van der Waals surface area contributed by atoms with Crippen molar-refractivity contribution in [3.63, 3.8) is 0 Å². The van der Waals surface area contributed by atoms with Crippen molar-refractivity contribution in [3.8, 4) is 5.69 Å². The summed E-state index contributed by atoms with van der Waals surface area (Å²) in [4.78, 5) is 37.2. The molecule has 1 amide bonds. The maximum Gasteiger partial charge on any atom is 0.267 e. The minimum absolute atomic E-state index is 0.0361. The van der Waals surface area contributed by atoms with Gasteiger partial charge in [-0.05, 0) is 45.0 Å². The summed E-state index contributed by atoms with van der Waals surface area (Å²) >= 11 is 2.95. The molecule has 0 spiro atoms. The number of fused-ring (bicyclic) bond motifs is 3. The summed E-state index contributed by atoms with van der Waals surface area (Å²) in [5.74, 6) is 0.325. The van der Waals surface area contributed by atoms with E-state index in [4.69, 9.17) is 4.98 Å². The van der Waals surface area contributed by atoms with E-state index in [0.29, 0.717) is 18.2 Å². The molecule has 0 radical (unpaired) electrons. The first-order valence-electron chi connectivity index (χ1n) is 10.2. The Morgan fingerprint density at radius 1 is 1.23 bits per heavy atom. The Hall–Kier alpha value is -2.16. The molecule has 6 nitrogen and oxygen atoms in total. The van der Waals surface area contributed by atoms with Gasteiger partial charge in [0.15, 0.2) is 5.16 Å². The van der Waals surface area contributed by atoms with Gasteiger partial charge >= 0.3 is 0 Å². The van der Waals surface area contributed by atoms with E-state index in [0.717, 1.165) is 41.0 Å². The molecule has 0 atom stereocenters. The van der Waals surface area contributed by atoms with Crippen LogP contribution in [0, 0.1) is 0 Å². The van der Waals surface area contributed by atoms with Crippen molar-refractivity contribution in [2.45, 2.75) is 32.0 Å². The number of amides is 1. The van der Waals surface area contributed by atoms with Crippen LogP contribution in [0.4, 0.5) is 0 Å². The summed E-state index contributed by atoms with van der Waals surface area (Å²) in [7, 11) is 2.10. The van der Waals surface area contributed by atoms with Crippen LogP contribution < -0.4 is 5.56 Å². The first kappa shape index (κ1) is 21.1. The molecule has 0 saturated carbocycles. The van der Waals surface area contributed by atoms with Crippen molar-refractivity contribution in [2.24, 2.45) is 0 Å². The Bertz CT molecular complexity index is 1120. The lowest BCUT2D eigenvalue weighted by Gasteiger charge is -2.22. The third-order valence-electron chi connectivity index (χ3n) is 5.49. The number of hydrogen-bond donors (Lipinski definition) is 0. The normalized spacial score (nSPS) is 14.1. The Morgan fingerprint density at radius 3 is 2.67 bits per heavy atom. The molecule has 3 heterocycles. The van der Waals surface area contributed by atoms with E-state index in [1.807, 2.05) is 44.2 Å². The van der Waals surface area contributed by atoms with Gasteiger partial charge in [-0.2, -0.15) is 0 Å². The van der Waals surface area contributed by atoms with E-state index >= 15 is 0 Å². The summed E-state index contributed by atoms with van der Waals surface area (Å²) in [5, 5.41) is 1.32. The van der Waals surface area contributed by atoms with Gasteiger partial charge in [0.25, 0.3) is 5.56 Å². The van der Waals surface area contributed by atoms with Crippen LogP contribution in [0.2, 0.25) is 0 Å². The second-order valence-electron chi connectivity index (χ2n) is 7.40. The van der Waals surface area contributed by atoms with Gasteiger partial charge in [-0.15, -0.1) is 11.3 Å². The first-order chi connectivity index (χ1) is 14.5. The zero-order chi connectivity index (χ0) is 21.3. The number of hydrogen-bond acceptors (Lipinski definition) is 6. The number of rotatable bonds is 6. The largest absolute Gasteiger partial charge is 0.343 e. The number of carbonyl (C=O) groups is 1. The van der Waals surface area contributed by atoms with Crippen molar-refractivity contribution in [1.29, 1.82) is 0 Å². The van der Waals surface area contributed by atoms with Gasteiger partial charge in [-0.3, -0.25) is 14.2 Å². The number of thioether (sulfide) groups is 1. The van der Waals surface area contributed by atoms with Crippen LogP contribution in [0.5, 0.6) is 0 Å². The maximum atomic E-state index is 13.7. The first-order valence-corrected chi connectivity index (χ1v) is 12.1. The summed E-state index contributed by atoms with van der Waals surface area (Å²) in [6, 6.07) is 9.59. The summed E-state index contributed by atoms with van der Waals surface area (Å²) in [5.41, 5.74) is 1.89. The summed E-state index contributed by atoms with van der Waals surface area (Å²) < 4.78 is 1.67. The van der Waals surface area contributed by atoms with Crippen LogP contribution >= 0.6 is 23.1 Å². The predicted molar refractivity (Wildman–Crippen MR) is 124 cm³/mol. The molecule has 3 aromatic rings. The van der Waals surface area contributed by atoms with Crippen molar-refractivity contribution in [1.82, 2.24) is 19.4 Å². The van der Waals surface area contributed by atoms with E-state index in [1.54, 1.807) is 20.8 Å². The van der Waals surface area contributed by atoms with Gasteiger partial charge < -0.3 is 9.80 Å². The average molecular weight is 443 g/mol. The third-order valence-corrected chi connectivity index (χ3v) is 7.52. The highest BCUT2D eigenvalue weighted by Crippen LogP contribution is 2.34. The predicted octanol–water partition coefficient (Wildman–Crippen LogP) is 3.40. The van der Waals surface area contributed by atoms with E-state index in [9.17, 15) is 9.59 Å². The zero-order valence-electron chi connectivity index (χ0n) is 17.6. The van der Waals surface area contributed by atoms with Gasteiger partial charge in [0.1, 0.15) is 4.83 Å². The molecule has 0 N–H and O–H groups in total. The molecule has 2 aromatic heterocycles. The van der Waals surface area contributed by atoms with Crippen LogP contribution in [-0.2, 0) is 17.8 Å². The molecule has 0 aliphatic carbocycles.